The van der Waals surface area contributed by atoms with Gasteiger partial charge in [0.25, 0.3) is 0 Å². The molecule has 0 spiro atoms. The van der Waals surface area contributed by atoms with Crippen molar-refractivity contribution >= 4 is 5.96 Å². The first kappa shape index (κ1) is 18.8. The smallest absolute Gasteiger partial charge is 0.191 e. The van der Waals surface area contributed by atoms with Crippen molar-refractivity contribution in [3.8, 4) is 11.5 Å². The third-order valence-electron chi connectivity index (χ3n) is 5.73. The minimum atomic E-state index is 0.170. The molecule has 2 bridgehead atoms. The number of rotatable bonds is 5. The summed E-state index contributed by atoms with van der Waals surface area (Å²) in [6.45, 7) is 3.30. The number of ether oxygens (including phenoxy) is 1. The van der Waals surface area contributed by atoms with Gasteiger partial charge < -0.3 is 25.4 Å². The molecule has 0 aliphatic carbocycles. The standard InChI is InChI=1S/C20H32N4O2/c1-4-21-20(22-13-14-7-5-10-18(26-3)19(14)25)23-15-11-16-8-6-9-17(12-15)24(16)2/h5,7,10,15-17,25H,4,6,8-9,11-13H2,1-3H3,(H2,21,22,23). The molecule has 2 saturated heterocycles. The summed E-state index contributed by atoms with van der Waals surface area (Å²) in [5, 5.41) is 17.2. The van der Waals surface area contributed by atoms with Crippen molar-refractivity contribution in [1.82, 2.24) is 15.5 Å². The molecule has 2 unspecified atom stereocenters. The van der Waals surface area contributed by atoms with E-state index in [1.165, 1.54) is 32.1 Å². The van der Waals surface area contributed by atoms with Crippen LogP contribution >= 0.6 is 0 Å². The number of methoxy groups -OCH3 is 1. The number of fused-ring (bicyclic) bond motifs is 2. The van der Waals surface area contributed by atoms with E-state index in [0.717, 1.165) is 18.1 Å². The van der Waals surface area contributed by atoms with Crippen molar-refractivity contribution in [1.29, 1.82) is 0 Å². The molecule has 6 nitrogen and oxygen atoms in total. The van der Waals surface area contributed by atoms with Crippen LogP contribution in [0.5, 0.6) is 11.5 Å². The van der Waals surface area contributed by atoms with Crippen molar-refractivity contribution in [3.63, 3.8) is 0 Å². The normalized spacial score (nSPS) is 26.4. The van der Waals surface area contributed by atoms with Crippen molar-refractivity contribution in [2.45, 2.75) is 63.7 Å². The average Bonchev–Trinajstić information content (AvgIpc) is 2.61. The Labute approximate surface area is 156 Å². The highest BCUT2D eigenvalue weighted by molar-refractivity contribution is 5.80. The summed E-state index contributed by atoms with van der Waals surface area (Å²) in [5.74, 6) is 1.48. The highest BCUT2D eigenvalue weighted by Gasteiger charge is 2.36. The summed E-state index contributed by atoms with van der Waals surface area (Å²) < 4.78 is 5.18. The third-order valence-corrected chi connectivity index (χ3v) is 5.73. The summed E-state index contributed by atoms with van der Waals surface area (Å²) in [5.41, 5.74) is 0.766. The summed E-state index contributed by atoms with van der Waals surface area (Å²) >= 11 is 0. The molecule has 2 heterocycles. The number of hydrogen-bond acceptors (Lipinski definition) is 4. The predicted molar refractivity (Wildman–Crippen MR) is 105 cm³/mol. The summed E-state index contributed by atoms with van der Waals surface area (Å²) in [7, 11) is 3.83. The maximum absolute atomic E-state index is 10.3. The Hall–Kier alpha value is -1.95. The molecule has 3 rings (SSSR count). The van der Waals surface area contributed by atoms with Crippen LogP contribution < -0.4 is 15.4 Å². The van der Waals surface area contributed by atoms with Gasteiger partial charge in [0.15, 0.2) is 17.5 Å². The molecule has 2 aliphatic rings. The van der Waals surface area contributed by atoms with Gasteiger partial charge in [0.05, 0.1) is 13.7 Å². The monoisotopic (exact) mass is 360 g/mol. The number of para-hydroxylation sites is 1. The predicted octanol–water partition coefficient (Wildman–Crippen LogP) is 2.47. The third kappa shape index (κ3) is 4.23. The lowest BCUT2D eigenvalue weighted by molar-refractivity contribution is 0.0526. The Bertz CT molecular complexity index is 620. The molecule has 0 amide bonds. The zero-order valence-corrected chi connectivity index (χ0v) is 16.2. The Morgan fingerprint density at radius 1 is 1.31 bits per heavy atom. The minimum absolute atomic E-state index is 0.170. The molecular weight excluding hydrogens is 328 g/mol. The number of aliphatic imine (C=N–C) groups is 1. The number of phenols is 1. The number of hydrogen-bond donors (Lipinski definition) is 3. The Kier molecular flexibility index (Phi) is 6.25. The lowest BCUT2D eigenvalue weighted by atomic mass is 9.82. The van der Waals surface area contributed by atoms with Crippen molar-refractivity contribution in [2.75, 3.05) is 20.7 Å². The number of piperidine rings is 2. The highest BCUT2D eigenvalue weighted by atomic mass is 16.5. The van der Waals surface area contributed by atoms with Gasteiger partial charge in [-0.15, -0.1) is 0 Å². The van der Waals surface area contributed by atoms with E-state index in [2.05, 4.69) is 29.5 Å². The van der Waals surface area contributed by atoms with E-state index in [-0.39, 0.29) is 5.75 Å². The molecule has 144 valence electrons. The maximum Gasteiger partial charge on any atom is 0.191 e. The SMILES string of the molecule is CCNC(=NCc1cccc(OC)c1O)NC1CC2CCCC(C1)N2C. The van der Waals surface area contributed by atoms with E-state index in [1.807, 2.05) is 12.1 Å². The first-order valence-corrected chi connectivity index (χ1v) is 9.74. The van der Waals surface area contributed by atoms with Crippen LogP contribution in [-0.4, -0.2) is 54.8 Å². The molecule has 1 aromatic carbocycles. The fourth-order valence-electron chi connectivity index (χ4n) is 4.27. The zero-order chi connectivity index (χ0) is 18.5. The number of nitrogens with one attached hydrogen (secondary N) is 2. The molecule has 6 heteroatoms. The van der Waals surface area contributed by atoms with Gasteiger partial charge in [-0.2, -0.15) is 0 Å². The quantitative estimate of drug-likeness (QED) is 0.556. The van der Waals surface area contributed by atoms with Gasteiger partial charge in [-0.05, 0) is 45.7 Å². The number of guanidine groups is 1. The average molecular weight is 361 g/mol. The second-order valence-electron chi connectivity index (χ2n) is 7.38. The lowest BCUT2D eigenvalue weighted by Gasteiger charge is -2.47. The van der Waals surface area contributed by atoms with Crippen molar-refractivity contribution in [3.05, 3.63) is 23.8 Å². The maximum atomic E-state index is 10.3. The van der Waals surface area contributed by atoms with Crippen LogP contribution in [0.2, 0.25) is 0 Å². The number of aromatic hydroxyl groups is 1. The van der Waals surface area contributed by atoms with Gasteiger partial charge in [-0.3, -0.25) is 0 Å². The fourth-order valence-corrected chi connectivity index (χ4v) is 4.27. The second-order valence-corrected chi connectivity index (χ2v) is 7.38. The van der Waals surface area contributed by atoms with E-state index >= 15 is 0 Å². The van der Waals surface area contributed by atoms with Crippen LogP contribution in [0.15, 0.2) is 23.2 Å². The molecule has 0 saturated carbocycles. The van der Waals surface area contributed by atoms with Crippen LogP contribution in [0.1, 0.15) is 44.6 Å². The molecule has 0 radical (unpaired) electrons. The molecule has 2 atom stereocenters. The number of nitrogens with zero attached hydrogens (tertiary/aromatic N) is 2. The topological polar surface area (TPSA) is 69.1 Å². The first-order chi connectivity index (χ1) is 12.6. The lowest BCUT2D eigenvalue weighted by Crippen LogP contribution is -2.56. The summed E-state index contributed by atoms with van der Waals surface area (Å²) in [6.07, 6.45) is 6.30. The van der Waals surface area contributed by atoms with E-state index in [0.29, 0.717) is 30.4 Å². The molecule has 3 N–H and O–H groups in total. The van der Waals surface area contributed by atoms with Gasteiger partial charge in [-0.25, -0.2) is 4.99 Å². The number of phenolic OH excluding ortho intramolecular Hbond substituents is 1. The van der Waals surface area contributed by atoms with Gasteiger partial charge >= 0.3 is 0 Å². The van der Waals surface area contributed by atoms with Crippen LogP contribution in [0.3, 0.4) is 0 Å². The van der Waals surface area contributed by atoms with E-state index in [4.69, 9.17) is 9.73 Å². The van der Waals surface area contributed by atoms with Gasteiger partial charge in [0, 0.05) is 30.2 Å². The van der Waals surface area contributed by atoms with Crippen LogP contribution in [0.4, 0.5) is 0 Å². The Balaban J connectivity index is 1.66. The van der Waals surface area contributed by atoms with Gasteiger partial charge in [0.1, 0.15) is 0 Å². The van der Waals surface area contributed by atoms with Crippen LogP contribution in [0.25, 0.3) is 0 Å². The Morgan fingerprint density at radius 2 is 2.04 bits per heavy atom. The van der Waals surface area contributed by atoms with Crippen molar-refractivity contribution in [2.24, 2.45) is 4.99 Å². The molecule has 2 fully saturated rings. The minimum Gasteiger partial charge on any atom is -0.504 e. The van der Waals surface area contributed by atoms with Crippen LogP contribution in [0, 0.1) is 0 Å². The van der Waals surface area contributed by atoms with E-state index in [9.17, 15) is 5.11 Å². The van der Waals surface area contributed by atoms with Gasteiger partial charge in [-0.1, -0.05) is 18.6 Å². The largest absolute Gasteiger partial charge is 0.504 e. The Morgan fingerprint density at radius 3 is 2.69 bits per heavy atom. The molecule has 0 aromatic heterocycles. The molecular formula is C20H32N4O2. The molecule has 2 aliphatic heterocycles. The second kappa shape index (κ2) is 8.62. The highest BCUT2D eigenvalue weighted by Crippen LogP contribution is 2.33. The van der Waals surface area contributed by atoms with Crippen LogP contribution in [-0.2, 0) is 6.54 Å². The summed E-state index contributed by atoms with van der Waals surface area (Å²) in [4.78, 5) is 7.26. The van der Waals surface area contributed by atoms with E-state index in [1.54, 1.807) is 13.2 Å². The van der Waals surface area contributed by atoms with Crippen molar-refractivity contribution < 1.29 is 9.84 Å². The fraction of sp³-hybridized carbons (Fsp3) is 0.650. The number of benzene rings is 1. The van der Waals surface area contributed by atoms with Gasteiger partial charge in [0.2, 0.25) is 0 Å². The zero-order valence-electron chi connectivity index (χ0n) is 16.2. The van der Waals surface area contributed by atoms with E-state index < -0.39 is 0 Å². The summed E-state index contributed by atoms with van der Waals surface area (Å²) in [6, 6.07) is 7.34. The molecule has 1 aromatic rings. The first-order valence-electron chi connectivity index (χ1n) is 9.74. The molecule has 26 heavy (non-hydrogen) atoms.